The van der Waals surface area contributed by atoms with Gasteiger partial charge in [-0.25, -0.2) is 4.98 Å². The Hall–Kier alpha value is -4.64. The Morgan fingerprint density at radius 2 is 1.40 bits per heavy atom. The van der Waals surface area contributed by atoms with Gasteiger partial charge in [0.05, 0.1) is 16.6 Å². The Labute approximate surface area is 263 Å². The second-order valence-electron chi connectivity index (χ2n) is 10.6. The molecule has 0 aliphatic heterocycles. The molecule has 0 atom stereocenters. The van der Waals surface area contributed by atoms with Crippen molar-refractivity contribution in [1.29, 1.82) is 0 Å². The summed E-state index contributed by atoms with van der Waals surface area (Å²) < 4.78 is 8.53. The van der Waals surface area contributed by atoms with Crippen molar-refractivity contribution >= 4 is 38.7 Å². The molecule has 0 amide bonds. The number of imidazole rings is 1. The molecule has 0 saturated heterocycles. The van der Waals surface area contributed by atoms with Gasteiger partial charge >= 0.3 is 0 Å². The molecule has 0 unspecified atom stereocenters. The third-order valence-corrected chi connectivity index (χ3v) is 7.84. The second-order valence-corrected chi connectivity index (χ2v) is 10.6. The molecule has 0 saturated carbocycles. The molecule has 0 aliphatic rings. The van der Waals surface area contributed by atoms with E-state index in [1.807, 2.05) is 67.0 Å². The molecule has 8 aromatic rings. The Morgan fingerprint density at radius 3 is 2.14 bits per heavy atom. The van der Waals surface area contributed by atoms with Gasteiger partial charge < -0.3 is 14.4 Å². The van der Waals surface area contributed by atoms with E-state index in [4.69, 9.17) is 9.40 Å². The molecule has 3 aromatic carbocycles. The quantitative estimate of drug-likeness (QED) is 0.166. The van der Waals surface area contributed by atoms with Gasteiger partial charge in [-0.3, -0.25) is 4.40 Å². The first-order valence-electron chi connectivity index (χ1n) is 13.9. The molecule has 0 fully saturated rings. The Kier molecular flexibility index (Phi) is 7.66. The van der Waals surface area contributed by atoms with E-state index >= 15 is 0 Å². The fourth-order valence-corrected chi connectivity index (χ4v) is 5.20. The number of furan rings is 1. The molecule has 5 heterocycles. The fraction of sp³-hybridized carbons (Fsp3) is 0.108. The van der Waals surface area contributed by atoms with E-state index in [-0.39, 0.29) is 20.1 Å². The van der Waals surface area contributed by atoms with Gasteiger partial charge in [-0.1, -0.05) is 46.3 Å². The van der Waals surface area contributed by atoms with Gasteiger partial charge in [0.15, 0.2) is 0 Å². The van der Waals surface area contributed by atoms with Crippen LogP contribution in [0.4, 0.5) is 0 Å². The van der Waals surface area contributed by atoms with E-state index in [1.54, 1.807) is 0 Å². The van der Waals surface area contributed by atoms with Gasteiger partial charge in [0, 0.05) is 37.9 Å². The van der Waals surface area contributed by atoms with E-state index in [2.05, 4.69) is 84.5 Å². The summed E-state index contributed by atoms with van der Waals surface area (Å²) in [5.74, 6) is 0. The predicted molar refractivity (Wildman–Crippen MR) is 169 cm³/mol. The van der Waals surface area contributed by atoms with Crippen molar-refractivity contribution < 1.29 is 24.5 Å². The van der Waals surface area contributed by atoms with Gasteiger partial charge in [0.1, 0.15) is 5.65 Å². The molecule has 5 nitrogen and oxygen atoms in total. The minimum atomic E-state index is 0. The number of nitrogens with zero attached hydrogens (tertiary/aromatic N) is 4. The van der Waals surface area contributed by atoms with Crippen LogP contribution >= 0.6 is 0 Å². The number of rotatable bonds is 2. The van der Waals surface area contributed by atoms with Crippen molar-refractivity contribution in [3.8, 4) is 22.5 Å². The summed E-state index contributed by atoms with van der Waals surface area (Å²) in [4.78, 5) is 13.7. The van der Waals surface area contributed by atoms with Gasteiger partial charge in [-0.15, -0.1) is 54.1 Å². The maximum absolute atomic E-state index is 6.44. The third kappa shape index (κ3) is 5.14. The van der Waals surface area contributed by atoms with Crippen LogP contribution in [0.15, 0.2) is 102 Å². The number of aryl methyl sites for hydroxylation is 4. The van der Waals surface area contributed by atoms with Crippen molar-refractivity contribution in [2.75, 3.05) is 0 Å². The zero-order valence-corrected chi connectivity index (χ0v) is 26.7. The fourth-order valence-electron chi connectivity index (χ4n) is 5.20. The topological polar surface area (TPSA) is 56.2 Å². The predicted octanol–water partition coefficient (Wildman–Crippen LogP) is 9.03. The zero-order chi connectivity index (χ0) is 28.8. The molecule has 0 aliphatic carbocycles. The van der Waals surface area contributed by atoms with Gasteiger partial charge in [0.25, 0.3) is 0 Å². The standard InChI is InChI=1S/C24H16N3O.C13H12N.Ir/c1-14-12-20(25-13-15(14)2)18-7-5-6-16-17-10-11-22-26-19-8-3-4-9-21(19)27(22)24(17)28-23(16)18;1-10-8-13(14-9-11(10)2)12-6-4-3-5-7-12;/h3-6,8-13H,1-2H3;3-6,8-9H,1-2H3;/q2*-1;. The summed E-state index contributed by atoms with van der Waals surface area (Å²) in [6.45, 7) is 8.34. The number of benzene rings is 3. The van der Waals surface area contributed by atoms with Crippen molar-refractivity contribution in [2.45, 2.75) is 27.7 Å². The first kappa shape index (κ1) is 28.5. The Morgan fingerprint density at radius 1 is 0.674 bits per heavy atom. The molecule has 43 heavy (non-hydrogen) atoms. The summed E-state index contributed by atoms with van der Waals surface area (Å²) in [5.41, 5.74) is 13.2. The summed E-state index contributed by atoms with van der Waals surface area (Å²) in [5, 5.41) is 2.12. The van der Waals surface area contributed by atoms with Crippen LogP contribution in [-0.2, 0) is 20.1 Å². The summed E-state index contributed by atoms with van der Waals surface area (Å²) in [6, 6.07) is 34.8. The zero-order valence-electron chi connectivity index (χ0n) is 24.3. The van der Waals surface area contributed by atoms with Crippen LogP contribution in [0.1, 0.15) is 22.3 Å². The average Bonchev–Trinajstić information content (AvgIpc) is 3.59. The SMILES string of the molecule is Cc1cnc(-c2[c-]ccc3c2oc2c3ccc3nc4ccccc4n32)cc1C.Cc1cnc(-c2[c-]cccc2)cc1C.[Ir]. The largest absolute Gasteiger partial charge is 0.487 e. The van der Waals surface area contributed by atoms with Gasteiger partial charge in [-0.2, -0.15) is 0 Å². The molecule has 0 bridgehead atoms. The van der Waals surface area contributed by atoms with Crippen LogP contribution in [0.3, 0.4) is 0 Å². The molecule has 6 heteroatoms. The number of pyridine rings is 3. The Bertz CT molecular complexity index is 2250. The van der Waals surface area contributed by atoms with Crippen LogP contribution in [0.5, 0.6) is 0 Å². The van der Waals surface area contributed by atoms with E-state index in [1.165, 1.54) is 22.3 Å². The van der Waals surface area contributed by atoms with Crippen molar-refractivity contribution in [1.82, 2.24) is 19.4 Å². The third-order valence-electron chi connectivity index (χ3n) is 7.84. The van der Waals surface area contributed by atoms with Gasteiger partial charge in [0.2, 0.25) is 5.71 Å². The molecule has 0 N–H and O–H groups in total. The minimum Gasteiger partial charge on any atom is -0.487 e. The van der Waals surface area contributed by atoms with Crippen molar-refractivity contribution in [3.05, 3.63) is 132 Å². The number of hydrogen-bond acceptors (Lipinski definition) is 4. The number of para-hydroxylation sites is 2. The number of aromatic nitrogens is 4. The Balaban J connectivity index is 0.000000186. The van der Waals surface area contributed by atoms with Crippen LogP contribution in [-0.4, -0.2) is 19.4 Å². The maximum Gasteiger partial charge on any atom is 0.202 e. The molecule has 0 spiro atoms. The van der Waals surface area contributed by atoms with E-state index < -0.39 is 0 Å². The molecule has 213 valence electrons. The van der Waals surface area contributed by atoms with E-state index in [0.29, 0.717) is 0 Å². The van der Waals surface area contributed by atoms with Crippen molar-refractivity contribution in [3.63, 3.8) is 0 Å². The molecule has 5 aromatic heterocycles. The molecular formula is C37H28IrN4O-2. The van der Waals surface area contributed by atoms with E-state index in [0.717, 1.165) is 61.3 Å². The van der Waals surface area contributed by atoms with Crippen LogP contribution in [0.2, 0.25) is 0 Å². The average molecular weight is 737 g/mol. The number of hydrogen-bond donors (Lipinski definition) is 0. The van der Waals surface area contributed by atoms with Gasteiger partial charge in [-0.05, 0) is 74.5 Å². The van der Waals surface area contributed by atoms with Crippen LogP contribution in [0, 0.1) is 39.8 Å². The van der Waals surface area contributed by atoms with E-state index in [9.17, 15) is 0 Å². The molecule has 1 radical (unpaired) electrons. The maximum atomic E-state index is 6.44. The van der Waals surface area contributed by atoms with Crippen LogP contribution < -0.4 is 0 Å². The normalized spacial score (nSPS) is 11.1. The molecule has 8 rings (SSSR count). The summed E-state index contributed by atoms with van der Waals surface area (Å²) in [6.07, 6.45) is 3.81. The smallest absolute Gasteiger partial charge is 0.202 e. The minimum absolute atomic E-state index is 0. The molecular weight excluding hydrogens is 709 g/mol. The number of fused-ring (bicyclic) bond motifs is 7. The first-order chi connectivity index (χ1) is 20.5. The summed E-state index contributed by atoms with van der Waals surface area (Å²) in [7, 11) is 0. The second kappa shape index (κ2) is 11.6. The van der Waals surface area contributed by atoms with Crippen LogP contribution in [0.25, 0.3) is 61.3 Å². The first-order valence-corrected chi connectivity index (χ1v) is 13.9. The summed E-state index contributed by atoms with van der Waals surface area (Å²) >= 11 is 0. The monoisotopic (exact) mass is 737 g/mol. The van der Waals surface area contributed by atoms with Crippen molar-refractivity contribution in [2.24, 2.45) is 0 Å².